The Labute approximate surface area is 93.3 Å². The van der Waals surface area contributed by atoms with Gasteiger partial charge in [0.15, 0.2) is 0 Å². The van der Waals surface area contributed by atoms with Crippen LogP contribution < -0.4 is 10.6 Å². The van der Waals surface area contributed by atoms with E-state index in [4.69, 9.17) is 5.73 Å². The number of hydrogen-bond donors (Lipinski definition) is 1. The van der Waals surface area contributed by atoms with E-state index in [0.29, 0.717) is 0 Å². The third kappa shape index (κ3) is 2.76. The van der Waals surface area contributed by atoms with Crippen LogP contribution in [0.4, 0.5) is 11.4 Å². The van der Waals surface area contributed by atoms with Crippen molar-refractivity contribution < 1.29 is 0 Å². The zero-order valence-electron chi connectivity index (χ0n) is 8.21. The van der Waals surface area contributed by atoms with Crippen molar-refractivity contribution in [1.29, 1.82) is 0 Å². The molecule has 0 radical (unpaired) electrons. The summed E-state index contributed by atoms with van der Waals surface area (Å²) in [4.78, 5) is 2.22. The van der Waals surface area contributed by atoms with Crippen LogP contribution in [-0.2, 0) is 0 Å². The highest BCUT2D eigenvalue weighted by Gasteiger charge is 2.18. The van der Waals surface area contributed by atoms with E-state index in [1.54, 1.807) is 0 Å². The standard InChI is InChI=1S/C10H15IN2/c1-10(2,11)13(3)9-6-4-8(12)5-7-9/h4-7H,12H2,1-3H3. The molecule has 0 aliphatic rings. The van der Waals surface area contributed by atoms with Crippen molar-refractivity contribution in [1.82, 2.24) is 0 Å². The summed E-state index contributed by atoms with van der Waals surface area (Å²) in [6.45, 7) is 4.34. The highest BCUT2D eigenvalue weighted by atomic mass is 127. The molecule has 13 heavy (non-hydrogen) atoms. The number of hydrogen-bond acceptors (Lipinski definition) is 2. The molecule has 0 saturated heterocycles. The molecule has 0 fully saturated rings. The lowest BCUT2D eigenvalue weighted by molar-refractivity contribution is 0.726. The van der Waals surface area contributed by atoms with Crippen LogP contribution in [0.5, 0.6) is 0 Å². The summed E-state index contributed by atoms with van der Waals surface area (Å²) in [5, 5.41) is 0. The van der Waals surface area contributed by atoms with Crippen molar-refractivity contribution >= 4 is 34.0 Å². The Kier molecular flexibility index (Phi) is 3.05. The minimum Gasteiger partial charge on any atom is -0.399 e. The molecule has 0 saturated carbocycles. The molecule has 0 aliphatic heterocycles. The summed E-state index contributed by atoms with van der Waals surface area (Å²) in [7, 11) is 2.08. The van der Waals surface area contributed by atoms with Crippen molar-refractivity contribution in [3.63, 3.8) is 0 Å². The summed E-state index contributed by atoms with van der Waals surface area (Å²) in [5.74, 6) is 0. The Bertz CT molecular complexity index is 274. The number of nitrogens with two attached hydrogens (primary N) is 1. The molecule has 1 rings (SSSR count). The summed E-state index contributed by atoms with van der Waals surface area (Å²) in [5.41, 5.74) is 7.61. The molecule has 0 bridgehead atoms. The Morgan fingerprint density at radius 3 is 2.08 bits per heavy atom. The van der Waals surface area contributed by atoms with E-state index in [1.807, 2.05) is 24.3 Å². The lowest BCUT2D eigenvalue weighted by atomic mass is 10.2. The van der Waals surface area contributed by atoms with Gasteiger partial charge in [0.1, 0.15) is 0 Å². The largest absolute Gasteiger partial charge is 0.399 e. The van der Waals surface area contributed by atoms with Gasteiger partial charge in [-0.25, -0.2) is 0 Å². The van der Waals surface area contributed by atoms with Crippen LogP contribution in [0, 0.1) is 0 Å². The molecule has 1 aromatic rings. The number of benzene rings is 1. The van der Waals surface area contributed by atoms with Gasteiger partial charge in [-0.1, -0.05) is 22.6 Å². The Balaban J connectivity index is 2.90. The lowest BCUT2D eigenvalue weighted by Crippen LogP contribution is -2.34. The number of nitrogens with zero attached hydrogens (tertiary/aromatic N) is 1. The fourth-order valence-electron chi connectivity index (χ4n) is 1.00. The van der Waals surface area contributed by atoms with Crippen LogP contribution in [0.1, 0.15) is 13.8 Å². The molecule has 0 atom stereocenters. The van der Waals surface area contributed by atoms with Crippen LogP contribution in [0.3, 0.4) is 0 Å². The highest BCUT2D eigenvalue weighted by molar-refractivity contribution is 14.1. The second-order valence-corrected chi connectivity index (χ2v) is 6.20. The maximum absolute atomic E-state index is 5.62. The van der Waals surface area contributed by atoms with E-state index in [2.05, 4.69) is 48.4 Å². The Hall–Kier alpha value is -0.450. The van der Waals surface area contributed by atoms with Crippen molar-refractivity contribution in [3.05, 3.63) is 24.3 Å². The fraction of sp³-hybridized carbons (Fsp3) is 0.400. The monoisotopic (exact) mass is 290 g/mol. The molecule has 2 N–H and O–H groups in total. The van der Waals surface area contributed by atoms with E-state index < -0.39 is 0 Å². The minimum absolute atomic E-state index is 0.119. The Morgan fingerprint density at radius 2 is 1.69 bits per heavy atom. The van der Waals surface area contributed by atoms with Crippen LogP contribution >= 0.6 is 22.6 Å². The molecule has 2 nitrogen and oxygen atoms in total. The van der Waals surface area contributed by atoms with Crippen LogP contribution in [-0.4, -0.2) is 10.6 Å². The van der Waals surface area contributed by atoms with Crippen LogP contribution in [0.2, 0.25) is 0 Å². The van der Waals surface area contributed by atoms with E-state index in [-0.39, 0.29) is 3.55 Å². The maximum Gasteiger partial charge on any atom is 0.0858 e. The molecule has 0 heterocycles. The first-order chi connectivity index (χ1) is 5.91. The highest BCUT2D eigenvalue weighted by Crippen LogP contribution is 2.27. The van der Waals surface area contributed by atoms with Gasteiger partial charge in [0.2, 0.25) is 0 Å². The van der Waals surface area contributed by atoms with Crippen molar-refractivity contribution in [2.75, 3.05) is 17.7 Å². The summed E-state index contributed by atoms with van der Waals surface area (Å²) >= 11 is 2.41. The van der Waals surface area contributed by atoms with Crippen LogP contribution in [0.25, 0.3) is 0 Å². The van der Waals surface area contributed by atoms with Gasteiger partial charge in [0.25, 0.3) is 0 Å². The molecule has 0 amide bonds. The minimum atomic E-state index is 0.119. The second kappa shape index (κ2) is 3.74. The number of anilines is 2. The number of nitrogen functional groups attached to an aromatic ring is 1. The van der Waals surface area contributed by atoms with Crippen molar-refractivity contribution in [2.24, 2.45) is 0 Å². The van der Waals surface area contributed by atoms with E-state index >= 15 is 0 Å². The molecular formula is C10H15IN2. The Morgan fingerprint density at radius 1 is 1.23 bits per heavy atom. The summed E-state index contributed by atoms with van der Waals surface area (Å²) in [6, 6.07) is 7.92. The average molecular weight is 290 g/mol. The number of rotatable bonds is 2. The SMILES string of the molecule is CN(c1ccc(N)cc1)C(C)(C)I. The smallest absolute Gasteiger partial charge is 0.0858 e. The van der Waals surface area contributed by atoms with Gasteiger partial charge in [-0.15, -0.1) is 0 Å². The summed E-state index contributed by atoms with van der Waals surface area (Å²) in [6.07, 6.45) is 0. The first-order valence-electron chi connectivity index (χ1n) is 4.19. The average Bonchev–Trinajstić information content (AvgIpc) is 2.03. The second-order valence-electron chi connectivity index (χ2n) is 3.56. The molecular weight excluding hydrogens is 275 g/mol. The number of alkyl halides is 1. The van der Waals surface area contributed by atoms with Crippen LogP contribution in [0.15, 0.2) is 24.3 Å². The quantitative estimate of drug-likeness (QED) is 0.393. The van der Waals surface area contributed by atoms with Crippen molar-refractivity contribution in [2.45, 2.75) is 17.4 Å². The molecule has 0 aromatic heterocycles. The predicted molar refractivity (Wildman–Crippen MR) is 67.4 cm³/mol. The topological polar surface area (TPSA) is 29.3 Å². The van der Waals surface area contributed by atoms with Crippen molar-refractivity contribution in [3.8, 4) is 0 Å². The van der Waals surface area contributed by atoms with E-state index in [9.17, 15) is 0 Å². The molecule has 1 aromatic carbocycles. The van der Waals surface area contributed by atoms with Gasteiger partial charge >= 0.3 is 0 Å². The third-order valence-corrected chi connectivity index (χ3v) is 2.80. The number of halogens is 1. The van der Waals surface area contributed by atoms with Gasteiger partial charge in [-0.2, -0.15) is 0 Å². The van der Waals surface area contributed by atoms with Gasteiger partial charge < -0.3 is 10.6 Å². The molecule has 0 spiro atoms. The molecule has 0 aliphatic carbocycles. The maximum atomic E-state index is 5.62. The molecule has 0 unspecified atom stereocenters. The zero-order valence-corrected chi connectivity index (χ0v) is 10.4. The predicted octanol–water partition coefficient (Wildman–Crippen LogP) is 2.88. The normalized spacial score (nSPS) is 11.4. The van der Waals surface area contributed by atoms with Gasteiger partial charge in [-0.05, 0) is 38.1 Å². The van der Waals surface area contributed by atoms with Gasteiger partial charge in [-0.3, -0.25) is 0 Å². The first-order valence-corrected chi connectivity index (χ1v) is 5.27. The third-order valence-electron chi connectivity index (χ3n) is 2.08. The first kappa shape index (κ1) is 10.6. The zero-order chi connectivity index (χ0) is 10.1. The van der Waals surface area contributed by atoms with Gasteiger partial charge in [0.05, 0.1) is 3.55 Å². The van der Waals surface area contributed by atoms with E-state index in [0.717, 1.165) is 5.69 Å². The van der Waals surface area contributed by atoms with E-state index in [1.165, 1.54) is 5.69 Å². The summed E-state index contributed by atoms with van der Waals surface area (Å²) < 4.78 is 0.119. The fourth-order valence-corrected chi connectivity index (χ4v) is 1.28. The molecule has 3 heteroatoms. The molecule has 72 valence electrons. The lowest BCUT2D eigenvalue weighted by Gasteiger charge is -2.32. The van der Waals surface area contributed by atoms with Gasteiger partial charge in [0, 0.05) is 18.4 Å².